The van der Waals surface area contributed by atoms with Gasteiger partial charge in [0, 0.05) is 47.7 Å². The van der Waals surface area contributed by atoms with Gasteiger partial charge in [0.2, 0.25) is 0 Å². The van der Waals surface area contributed by atoms with Gasteiger partial charge in [0.25, 0.3) is 0 Å². The Morgan fingerprint density at radius 2 is 1.74 bits per heavy atom. The number of aryl methyl sites for hydroxylation is 3. The van der Waals surface area contributed by atoms with Gasteiger partial charge < -0.3 is 13.9 Å². The van der Waals surface area contributed by atoms with Gasteiger partial charge in [-0.05, 0) is 74.9 Å². The number of benzene rings is 2. The lowest BCUT2D eigenvalue weighted by Gasteiger charge is -2.32. The van der Waals surface area contributed by atoms with Crippen molar-refractivity contribution in [2.45, 2.75) is 39.5 Å². The van der Waals surface area contributed by atoms with Crippen LogP contribution in [0.15, 0.2) is 65.2 Å². The van der Waals surface area contributed by atoms with Crippen molar-refractivity contribution in [2.75, 3.05) is 30.0 Å². The van der Waals surface area contributed by atoms with Gasteiger partial charge in [-0.25, -0.2) is 8.42 Å². The molecule has 0 spiro atoms. The van der Waals surface area contributed by atoms with Crippen molar-refractivity contribution in [3.63, 3.8) is 0 Å². The zero-order chi connectivity index (χ0) is 24.6. The molecule has 6 heteroatoms. The van der Waals surface area contributed by atoms with Gasteiger partial charge in [-0.15, -0.1) is 0 Å². The van der Waals surface area contributed by atoms with Gasteiger partial charge in [-0.3, -0.25) is 0 Å². The molecule has 0 atom stereocenters. The summed E-state index contributed by atoms with van der Waals surface area (Å²) >= 11 is 0. The van der Waals surface area contributed by atoms with E-state index in [0.29, 0.717) is 6.42 Å². The molecule has 1 saturated heterocycles. The summed E-state index contributed by atoms with van der Waals surface area (Å²) in [5, 5.41) is 1.07. The Balaban J connectivity index is 1.71. The molecule has 0 aliphatic carbocycles. The van der Waals surface area contributed by atoms with E-state index in [4.69, 9.17) is 4.42 Å². The Morgan fingerprint density at radius 1 is 0.971 bits per heavy atom. The zero-order valence-corrected chi connectivity index (χ0v) is 21.6. The number of anilines is 1. The van der Waals surface area contributed by atoms with Gasteiger partial charge in [0.15, 0.2) is 6.04 Å². The molecule has 2 aromatic heterocycles. The van der Waals surface area contributed by atoms with Crippen molar-refractivity contribution in [2.24, 2.45) is 0 Å². The Labute approximate surface area is 208 Å². The van der Waals surface area contributed by atoms with Crippen molar-refractivity contribution >= 4 is 26.4 Å². The smallest absolute Gasteiger partial charge is 0.165 e. The van der Waals surface area contributed by atoms with Crippen LogP contribution in [0.4, 0.5) is 5.69 Å². The Bertz CT molecular complexity index is 1440. The molecule has 0 amide bonds. The van der Waals surface area contributed by atoms with Gasteiger partial charge in [0.1, 0.15) is 21.4 Å². The highest BCUT2D eigenvalue weighted by molar-refractivity contribution is 7.90. The summed E-state index contributed by atoms with van der Waals surface area (Å²) in [7, 11) is -3.07. The van der Waals surface area contributed by atoms with E-state index in [9.17, 15) is 8.42 Å². The maximum absolute atomic E-state index is 11.9. The minimum Gasteiger partial charge on any atom is -0.463 e. The Hall–Kier alpha value is -2.99. The summed E-state index contributed by atoms with van der Waals surface area (Å²) in [5.41, 5.74) is 5.66. The molecule has 0 saturated carbocycles. The van der Waals surface area contributed by atoms with Crippen LogP contribution in [0.1, 0.15) is 47.5 Å². The van der Waals surface area contributed by atoms with Gasteiger partial charge in [-0.2, -0.15) is 0 Å². The maximum atomic E-state index is 11.9. The maximum Gasteiger partial charge on any atom is 0.165 e. The number of aromatic nitrogens is 1. The lowest BCUT2D eigenvalue weighted by atomic mass is 9.97. The number of rotatable bonds is 7. The van der Waals surface area contributed by atoms with Crippen LogP contribution in [-0.4, -0.2) is 38.1 Å². The predicted octanol–water partition coefficient (Wildman–Crippen LogP) is 5.91. The first-order valence-corrected chi connectivity index (χ1v) is 14.4. The monoisotopic (exact) mass is 489 g/mol. The molecule has 5 nitrogen and oxygen atoms in total. The fraction of sp³-hybridized carbons (Fsp3) is 0.345. The molecule has 35 heavy (non-hydrogen) atoms. The number of hydrogen-bond donors (Lipinski definition) is 0. The summed E-state index contributed by atoms with van der Waals surface area (Å²) in [5.74, 6) is 1.79. The number of nitrogens with zero attached hydrogens (tertiary/aromatic N) is 2. The van der Waals surface area contributed by atoms with Crippen LogP contribution >= 0.6 is 0 Å². The minimum atomic E-state index is -3.07. The Morgan fingerprint density at radius 3 is 2.46 bits per heavy atom. The van der Waals surface area contributed by atoms with Crippen molar-refractivity contribution in [1.82, 2.24) is 4.57 Å². The zero-order valence-electron chi connectivity index (χ0n) is 20.8. The third-order valence-corrected chi connectivity index (χ3v) is 7.80. The van der Waals surface area contributed by atoms with Crippen molar-refractivity contribution in [1.29, 1.82) is 0 Å². The molecular weight excluding hydrogens is 456 g/mol. The highest BCUT2D eigenvalue weighted by atomic mass is 32.2. The van der Waals surface area contributed by atoms with Crippen LogP contribution in [0.25, 0.3) is 10.9 Å². The quantitative estimate of drug-likeness (QED) is 0.324. The minimum absolute atomic E-state index is 0.125. The van der Waals surface area contributed by atoms with Gasteiger partial charge >= 0.3 is 0 Å². The van der Waals surface area contributed by atoms with E-state index in [1.807, 2.05) is 31.2 Å². The molecular formula is C29H33N2O3S. The normalized spacial score (nSPS) is 14.8. The lowest BCUT2D eigenvalue weighted by molar-refractivity contribution is 0.491. The van der Waals surface area contributed by atoms with Crippen LogP contribution < -0.4 is 4.90 Å². The fourth-order valence-electron chi connectivity index (χ4n) is 5.11. The van der Waals surface area contributed by atoms with Gasteiger partial charge in [-0.1, -0.05) is 30.3 Å². The molecule has 1 aliphatic rings. The summed E-state index contributed by atoms with van der Waals surface area (Å²) in [6, 6.07) is 19.9. The Kier molecular flexibility index (Phi) is 6.49. The molecule has 2 aromatic carbocycles. The lowest BCUT2D eigenvalue weighted by Crippen LogP contribution is -2.31. The fourth-order valence-corrected chi connectivity index (χ4v) is 5.70. The summed E-state index contributed by atoms with van der Waals surface area (Å²) in [6.45, 7) is 6.20. The van der Waals surface area contributed by atoms with Crippen LogP contribution in [0.2, 0.25) is 0 Å². The van der Waals surface area contributed by atoms with E-state index in [0.717, 1.165) is 52.7 Å². The first kappa shape index (κ1) is 23.7. The average molecular weight is 490 g/mol. The van der Waals surface area contributed by atoms with Crippen LogP contribution in [-0.2, 0) is 16.3 Å². The number of fused-ring (bicyclic) bond motifs is 1. The second-order valence-corrected chi connectivity index (χ2v) is 12.0. The summed E-state index contributed by atoms with van der Waals surface area (Å²) in [4.78, 5) is 2.50. The SMILES string of the molecule is Cc1ccc([C](c2ccc(C)o2)n2cc(CCS(C)(=O)=O)c3ccccc32)c(N2CCCCC2)c1. The van der Waals surface area contributed by atoms with Crippen molar-refractivity contribution in [3.8, 4) is 0 Å². The number of para-hydroxylation sites is 1. The molecule has 1 aliphatic heterocycles. The van der Waals surface area contributed by atoms with E-state index in [1.54, 1.807) is 0 Å². The van der Waals surface area contributed by atoms with Crippen LogP contribution in [0, 0.1) is 19.9 Å². The standard InChI is InChI=1S/C29H33N2O3S/c1-21-11-13-25(27(19-21)30-16-7-4-8-17-30)29(28-14-12-22(2)34-28)31-20-23(15-18-35(3,32)33)24-9-5-6-10-26(24)31/h5-6,9-14,19-20H,4,7-8,15-18H2,1-3H3. The molecule has 3 heterocycles. The van der Waals surface area contributed by atoms with E-state index in [1.165, 1.54) is 36.8 Å². The summed E-state index contributed by atoms with van der Waals surface area (Å²) in [6.07, 6.45) is 7.55. The number of sulfone groups is 1. The third-order valence-electron chi connectivity index (χ3n) is 6.86. The van der Waals surface area contributed by atoms with E-state index in [2.05, 4.69) is 52.9 Å². The van der Waals surface area contributed by atoms with E-state index >= 15 is 0 Å². The predicted molar refractivity (Wildman–Crippen MR) is 143 cm³/mol. The second kappa shape index (κ2) is 9.57. The number of piperidine rings is 1. The molecule has 5 rings (SSSR count). The van der Waals surface area contributed by atoms with Crippen molar-refractivity contribution < 1.29 is 12.8 Å². The van der Waals surface area contributed by atoms with E-state index in [-0.39, 0.29) is 5.75 Å². The number of hydrogen-bond acceptors (Lipinski definition) is 4. The molecule has 1 fully saturated rings. The topological polar surface area (TPSA) is 55.5 Å². The molecule has 0 bridgehead atoms. The molecule has 183 valence electrons. The molecule has 1 radical (unpaired) electrons. The summed E-state index contributed by atoms with van der Waals surface area (Å²) < 4.78 is 32.3. The molecule has 4 aromatic rings. The average Bonchev–Trinajstić information content (AvgIpc) is 3.43. The number of furan rings is 1. The first-order chi connectivity index (χ1) is 16.8. The highest BCUT2D eigenvalue weighted by Crippen LogP contribution is 2.38. The molecule has 0 unspecified atom stereocenters. The van der Waals surface area contributed by atoms with E-state index < -0.39 is 9.84 Å². The highest BCUT2D eigenvalue weighted by Gasteiger charge is 2.28. The van der Waals surface area contributed by atoms with Crippen LogP contribution in [0.5, 0.6) is 0 Å². The van der Waals surface area contributed by atoms with Crippen LogP contribution in [0.3, 0.4) is 0 Å². The molecule has 0 N–H and O–H groups in total. The second-order valence-electron chi connectivity index (χ2n) is 9.75. The largest absolute Gasteiger partial charge is 0.463 e. The third kappa shape index (κ3) is 5.03. The first-order valence-electron chi connectivity index (χ1n) is 12.4. The van der Waals surface area contributed by atoms with Crippen molar-refractivity contribution in [3.05, 3.63) is 95.0 Å². The van der Waals surface area contributed by atoms with Gasteiger partial charge in [0.05, 0.1) is 5.75 Å².